The fraction of sp³-hybridized carbons (Fsp3) is 0.273. The molecule has 0 saturated heterocycles. The summed E-state index contributed by atoms with van der Waals surface area (Å²) in [4.78, 5) is 22.1. The number of carboxylic acids is 1. The lowest BCUT2D eigenvalue weighted by Gasteiger charge is -2.10. The number of hydrogen-bond acceptors (Lipinski definition) is 4. The summed E-state index contributed by atoms with van der Waals surface area (Å²) in [6.45, 7) is 0. The van der Waals surface area contributed by atoms with Crippen LogP contribution in [0.3, 0.4) is 0 Å². The van der Waals surface area contributed by atoms with E-state index in [0.717, 1.165) is 0 Å². The van der Waals surface area contributed by atoms with Gasteiger partial charge in [0.2, 0.25) is 0 Å². The minimum absolute atomic E-state index is 0.0680. The standard InChI is InChI=1S/C11H11ClO4S/c12-5-7(13)3-6-1-2-8(9(17)4-6)10(14)11(15)16/h1-2,4,10,14,17H,3,5H2,(H,15,16). The second-order valence-electron chi connectivity index (χ2n) is 3.48. The second kappa shape index (κ2) is 6.05. The van der Waals surface area contributed by atoms with Gasteiger partial charge in [-0.3, -0.25) is 4.79 Å². The highest BCUT2D eigenvalue weighted by atomic mass is 35.5. The first-order chi connectivity index (χ1) is 7.95. The van der Waals surface area contributed by atoms with Crippen LogP contribution in [0.25, 0.3) is 0 Å². The number of thiol groups is 1. The molecule has 0 aliphatic rings. The quantitative estimate of drug-likeness (QED) is 0.561. The molecule has 0 aliphatic carbocycles. The molecule has 1 atom stereocenters. The van der Waals surface area contributed by atoms with Crippen LogP contribution in [-0.2, 0) is 16.0 Å². The number of alkyl halides is 1. The summed E-state index contributed by atoms with van der Waals surface area (Å²) in [6, 6.07) is 4.57. The van der Waals surface area contributed by atoms with Crippen molar-refractivity contribution in [3.8, 4) is 0 Å². The van der Waals surface area contributed by atoms with E-state index in [2.05, 4.69) is 12.6 Å². The molecule has 17 heavy (non-hydrogen) atoms. The van der Waals surface area contributed by atoms with E-state index in [1.807, 2.05) is 0 Å². The number of hydrogen-bond donors (Lipinski definition) is 3. The van der Waals surface area contributed by atoms with E-state index in [0.29, 0.717) is 10.5 Å². The van der Waals surface area contributed by atoms with E-state index >= 15 is 0 Å². The van der Waals surface area contributed by atoms with Gasteiger partial charge in [-0.1, -0.05) is 12.1 Å². The fourth-order valence-corrected chi connectivity index (χ4v) is 1.80. The van der Waals surface area contributed by atoms with Crippen LogP contribution in [0.15, 0.2) is 23.1 Å². The summed E-state index contributed by atoms with van der Waals surface area (Å²) in [5.41, 5.74) is 0.880. The molecular formula is C11H11ClO4S. The van der Waals surface area contributed by atoms with Gasteiger partial charge in [-0.05, 0) is 11.6 Å². The van der Waals surface area contributed by atoms with Crippen molar-refractivity contribution >= 4 is 36.0 Å². The largest absolute Gasteiger partial charge is 0.479 e. The van der Waals surface area contributed by atoms with E-state index in [9.17, 15) is 14.7 Å². The number of aliphatic hydroxyl groups excluding tert-OH is 1. The average Bonchev–Trinajstić information content (AvgIpc) is 2.28. The Balaban J connectivity index is 2.94. The fourth-order valence-electron chi connectivity index (χ4n) is 1.34. The number of benzene rings is 1. The van der Waals surface area contributed by atoms with Gasteiger partial charge < -0.3 is 10.2 Å². The van der Waals surface area contributed by atoms with Crippen LogP contribution < -0.4 is 0 Å². The lowest BCUT2D eigenvalue weighted by atomic mass is 10.0. The Morgan fingerprint density at radius 2 is 2.06 bits per heavy atom. The van der Waals surface area contributed by atoms with E-state index in [1.54, 1.807) is 12.1 Å². The van der Waals surface area contributed by atoms with Crippen molar-refractivity contribution in [2.24, 2.45) is 0 Å². The lowest BCUT2D eigenvalue weighted by molar-refractivity contribution is -0.147. The number of aliphatic hydroxyl groups is 1. The first-order valence-corrected chi connectivity index (χ1v) is 5.74. The van der Waals surface area contributed by atoms with Crippen LogP contribution in [0.4, 0.5) is 0 Å². The molecule has 6 heteroatoms. The van der Waals surface area contributed by atoms with E-state index in [-0.39, 0.29) is 23.6 Å². The molecule has 1 aromatic rings. The highest BCUT2D eigenvalue weighted by Gasteiger charge is 2.18. The third-order valence-electron chi connectivity index (χ3n) is 2.17. The third-order valence-corrected chi connectivity index (χ3v) is 2.86. The molecule has 1 aromatic carbocycles. The summed E-state index contributed by atoms with van der Waals surface area (Å²) in [5.74, 6) is -1.54. The van der Waals surface area contributed by atoms with Gasteiger partial charge in [0, 0.05) is 16.9 Å². The molecule has 92 valence electrons. The van der Waals surface area contributed by atoms with Crippen molar-refractivity contribution in [2.45, 2.75) is 17.4 Å². The normalized spacial score (nSPS) is 12.2. The molecule has 1 unspecified atom stereocenters. The topological polar surface area (TPSA) is 74.6 Å². The summed E-state index contributed by atoms with van der Waals surface area (Å²) in [5, 5.41) is 18.0. The molecule has 0 heterocycles. The number of carboxylic acid groups (broad SMARTS) is 1. The van der Waals surface area contributed by atoms with Crippen LogP contribution in [0.1, 0.15) is 17.2 Å². The monoisotopic (exact) mass is 274 g/mol. The minimum Gasteiger partial charge on any atom is -0.479 e. The van der Waals surface area contributed by atoms with Crippen molar-refractivity contribution in [3.05, 3.63) is 29.3 Å². The Hall–Kier alpha value is -1.04. The molecule has 0 bridgehead atoms. The van der Waals surface area contributed by atoms with Crippen molar-refractivity contribution in [3.63, 3.8) is 0 Å². The van der Waals surface area contributed by atoms with Gasteiger partial charge >= 0.3 is 5.97 Å². The molecule has 2 N–H and O–H groups in total. The molecule has 0 amide bonds. The zero-order valence-corrected chi connectivity index (χ0v) is 10.4. The maximum Gasteiger partial charge on any atom is 0.337 e. The maximum absolute atomic E-state index is 11.1. The van der Waals surface area contributed by atoms with Crippen LogP contribution in [0, 0.1) is 0 Å². The summed E-state index contributed by atoms with van der Waals surface area (Å²) in [7, 11) is 0. The number of halogens is 1. The predicted octanol–water partition coefficient (Wildman–Crippen LogP) is 1.44. The number of Topliss-reactive ketones (excluding diaryl/α,β-unsaturated/α-hetero) is 1. The Bertz CT molecular complexity index is 447. The number of carbonyl (C=O) groups excluding carboxylic acids is 1. The zero-order valence-electron chi connectivity index (χ0n) is 8.76. The summed E-state index contributed by atoms with van der Waals surface area (Å²) < 4.78 is 0. The third kappa shape index (κ3) is 3.73. The number of carbonyl (C=O) groups is 2. The number of ketones is 1. The molecule has 0 saturated carbocycles. The molecule has 0 spiro atoms. The van der Waals surface area contributed by atoms with Gasteiger partial charge in [-0.15, -0.1) is 24.2 Å². The molecule has 0 aromatic heterocycles. The van der Waals surface area contributed by atoms with E-state index < -0.39 is 12.1 Å². The van der Waals surface area contributed by atoms with Gasteiger partial charge in [0.05, 0.1) is 5.88 Å². The Kier molecular flexibility index (Phi) is 4.99. The highest BCUT2D eigenvalue weighted by Crippen LogP contribution is 2.23. The smallest absolute Gasteiger partial charge is 0.337 e. The van der Waals surface area contributed by atoms with Crippen LogP contribution >= 0.6 is 24.2 Å². The van der Waals surface area contributed by atoms with E-state index in [4.69, 9.17) is 16.7 Å². The van der Waals surface area contributed by atoms with Crippen LogP contribution in [-0.4, -0.2) is 27.8 Å². The first kappa shape index (κ1) is 14.0. The van der Waals surface area contributed by atoms with E-state index in [1.165, 1.54) is 6.07 Å². The van der Waals surface area contributed by atoms with Crippen molar-refractivity contribution < 1.29 is 19.8 Å². The Morgan fingerprint density at radius 1 is 1.41 bits per heavy atom. The van der Waals surface area contributed by atoms with Gasteiger partial charge in [0.1, 0.15) is 0 Å². The number of rotatable bonds is 5. The van der Waals surface area contributed by atoms with Gasteiger partial charge in [-0.2, -0.15) is 0 Å². The predicted molar refractivity (Wildman–Crippen MR) is 65.7 cm³/mol. The minimum atomic E-state index is -1.61. The molecule has 0 fully saturated rings. The first-order valence-electron chi connectivity index (χ1n) is 4.76. The molecular weight excluding hydrogens is 264 g/mol. The maximum atomic E-state index is 11.1. The van der Waals surface area contributed by atoms with Crippen molar-refractivity contribution in [1.29, 1.82) is 0 Å². The van der Waals surface area contributed by atoms with Crippen LogP contribution in [0.5, 0.6) is 0 Å². The summed E-state index contributed by atoms with van der Waals surface area (Å²) >= 11 is 9.46. The molecule has 0 aliphatic heterocycles. The highest BCUT2D eigenvalue weighted by molar-refractivity contribution is 7.80. The molecule has 4 nitrogen and oxygen atoms in total. The van der Waals surface area contributed by atoms with Crippen molar-refractivity contribution in [1.82, 2.24) is 0 Å². The summed E-state index contributed by atoms with van der Waals surface area (Å²) in [6.07, 6.45) is -1.44. The Morgan fingerprint density at radius 3 is 2.53 bits per heavy atom. The SMILES string of the molecule is O=C(CCl)Cc1ccc(C(O)C(=O)O)c(S)c1. The Labute approximate surface area is 109 Å². The van der Waals surface area contributed by atoms with Crippen molar-refractivity contribution in [2.75, 3.05) is 5.88 Å². The van der Waals surface area contributed by atoms with Gasteiger partial charge in [-0.25, -0.2) is 4.79 Å². The average molecular weight is 275 g/mol. The second-order valence-corrected chi connectivity index (χ2v) is 4.23. The van der Waals surface area contributed by atoms with Gasteiger partial charge in [0.15, 0.2) is 11.9 Å². The van der Waals surface area contributed by atoms with Crippen LogP contribution in [0.2, 0.25) is 0 Å². The zero-order chi connectivity index (χ0) is 13.0. The van der Waals surface area contributed by atoms with Gasteiger partial charge in [0.25, 0.3) is 0 Å². The molecule has 1 rings (SSSR count). The number of aliphatic carboxylic acids is 1. The lowest BCUT2D eigenvalue weighted by Crippen LogP contribution is -2.11. The molecule has 0 radical (unpaired) electrons.